The predicted molar refractivity (Wildman–Crippen MR) is 88.6 cm³/mol. The Kier molecular flexibility index (Phi) is 6.44. The third-order valence-electron chi connectivity index (χ3n) is 4.44. The quantitative estimate of drug-likeness (QED) is 0.766. The van der Waals surface area contributed by atoms with Crippen LogP contribution < -0.4 is 10.1 Å². The molecule has 23 heavy (non-hydrogen) atoms. The van der Waals surface area contributed by atoms with Gasteiger partial charge in [0.15, 0.2) is 6.61 Å². The first-order valence-electron chi connectivity index (χ1n) is 8.34. The fourth-order valence-corrected chi connectivity index (χ4v) is 3.13. The molecule has 0 spiro atoms. The van der Waals surface area contributed by atoms with Gasteiger partial charge < -0.3 is 15.2 Å². The van der Waals surface area contributed by atoms with Crippen molar-refractivity contribution in [2.24, 2.45) is 11.8 Å². The van der Waals surface area contributed by atoms with Crippen molar-refractivity contribution < 1.29 is 19.4 Å². The average molecular weight is 319 g/mol. The highest BCUT2D eigenvalue weighted by Gasteiger charge is 2.23. The topological polar surface area (TPSA) is 75.6 Å². The molecule has 0 radical (unpaired) electrons. The molecular weight excluding hydrogens is 294 g/mol. The molecule has 1 atom stereocenters. The predicted octanol–water partition coefficient (Wildman–Crippen LogP) is 3.70. The molecule has 0 heterocycles. The normalized spacial score (nSPS) is 16.0. The minimum Gasteiger partial charge on any atom is -0.482 e. The summed E-state index contributed by atoms with van der Waals surface area (Å²) in [6.07, 6.45) is 6.91. The number of anilines is 1. The zero-order valence-electron chi connectivity index (χ0n) is 13.6. The largest absolute Gasteiger partial charge is 0.482 e. The van der Waals surface area contributed by atoms with E-state index in [2.05, 4.69) is 12.2 Å². The number of hydrogen-bond acceptors (Lipinski definition) is 3. The van der Waals surface area contributed by atoms with Crippen LogP contribution in [0.15, 0.2) is 24.3 Å². The van der Waals surface area contributed by atoms with Crippen molar-refractivity contribution in [1.29, 1.82) is 0 Å². The maximum absolute atomic E-state index is 12.4. The van der Waals surface area contributed by atoms with Crippen LogP contribution in [-0.2, 0) is 9.59 Å². The molecule has 1 aromatic carbocycles. The lowest BCUT2D eigenvalue weighted by Gasteiger charge is -2.18. The summed E-state index contributed by atoms with van der Waals surface area (Å²) in [6, 6.07) is 6.79. The molecule has 1 aromatic rings. The van der Waals surface area contributed by atoms with Gasteiger partial charge in [-0.15, -0.1) is 0 Å². The van der Waals surface area contributed by atoms with Crippen LogP contribution in [0.5, 0.6) is 5.75 Å². The van der Waals surface area contributed by atoms with Gasteiger partial charge in [0, 0.05) is 11.6 Å². The Bertz CT molecular complexity index is 520. The molecule has 1 aliphatic rings. The van der Waals surface area contributed by atoms with Crippen molar-refractivity contribution in [3.05, 3.63) is 24.3 Å². The van der Waals surface area contributed by atoms with Crippen LogP contribution in [0.4, 0.5) is 5.69 Å². The van der Waals surface area contributed by atoms with Crippen LogP contribution in [0.3, 0.4) is 0 Å². The van der Waals surface area contributed by atoms with E-state index in [-0.39, 0.29) is 18.4 Å². The lowest BCUT2D eigenvalue weighted by molar-refractivity contribution is -0.139. The zero-order valence-corrected chi connectivity index (χ0v) is 13.6. The lowest BCUT2D eigenvalue weighted by Crippen LogP contribution is -2.24. The number of carbonyl (C=O) groups is 2. The van der Waals surface area contributed by atoms with Crippen molar-refractivity contribution in [2.75, 3.05) is 11.9 Å². The van der Waals surface area contributed by atoms with Gasteiger partial charge in [-0.2, -0.15) is 0 Å². The molecule has 2 N–H and O–H groups in total. The standard InChI is InChI=1S/C18H25NO4/c1-2-14(11-13-5-3-4-6-13)18(22)19-15-7-9-16(10-8-15)23-12-17(20)21/h7-10,13-14H,2-6,11-12H2,1H3,(H,19,22)(H,20,21). The van der Waals surface area contributed by atoms with Crippen LogP contribution in [0.1, 0.15) is 45.4 Å². The maximum atomic E-state index is 12.4. The van der Waals surface area contributed by atoms with E-state index in [0.29, 0.717) is 17.4 Å². The number of aliphatic carboxylic acids is 1. The van der Waals surface area contributed by atoms with Gasteiger partial charge in [-0.3, -0.25) is 4.79 Å². The van der Waals surface area contributed by atoms with Crippen LogP contribution in [0.2, 0.25) is 0 Å². The Labute approximate surface area is 137 Å². The van der Waals surface area contributed by atoms with Crippen LogP contribution in [-0.4, -0.2) is 23.6 Å². The highest BCUT2D eigenvalue weighted by molar-refractivity contribution is 5.92. The Hall–Kier alpha value is -2.04. The third-order valence-corrected chi connectivity index (χ3v) is 4.44. The van der Waals surface area contributed by atoms with E-state index in [1.165, 1.54) is 25.7 Å². The molecule has 5 heteroatoms. The maximum Gasteiger partial charge on any atom is 0.341 e. The molecule has 1 aliphatic carbocycles. The summed E-state index contributed by atoms with van der Waals surface area (Å²) in [5.74, 6) is 0.278. The SMILES string of the molecule is CCC(CC1CCCC1)C(=O)Nc1ccc(OCC(=O)O)cc1. The molecule has 0 bridgehead atoms. The van der Waals surface area contributed by atoms with Crippen molar-refractivity contribution in [2.45, 2.75) is 45.4 Å². The fourth-order valence-electron chi connectivity index (χ4n) is 3.13. The monoisotopic (exact) mass is 319 g/mol. The highest BCUT2D eigenvalue weighted by atomic mass is 16.5. The third kappa shape index (κ3) is 5.58. The van der Waals surface area contributed by atoms with Crippen LogP contribution >= 0.6 is 0 Å². The lowest BCUT2D eigenvalue weighted by atomic mass is 9.91. The van der Waals surface area contributed by atoms with Gasteiger partial charge in [0.25, 0.3) is 0 Å². The van der Waals surface area contributed by atoms with Crippen molar-refractivity contribution in [3.63, 3.8) is 0 Å². The summed E-state index contributed by atoms with van der Waals surface area (Å²) < 4.78 is 5.07. The van der Waals surface area contributed by atoms with E-state index in [0.717, 1.165) is 12.8 Å². The fraction of sp³-hybridized carbons (Fsp3) is 0.556. The molecule has 1 amide bonds. The first-order valence-corrected chi connectivity index (χ1v) is 8.34. The van der Waals surface area contributed by atoms with Gasteiger partial charge in [-0.25, -0.2) is 4.79 Å². The van der Waals surface area contributed by atoms with E-state index < -0.39 is 5.97 Å². The molecule has 1 saturated carbocycles. The highest BCUT2D eigenvalue weighted by Crippen LogP contribution is 2.31. The van der Waals surface area contributed by atoms with Crippen molar-refractivity contribution in [1.82, 2.24) is 0 Å². The van der Waals surface area contributed by atoms with E-state index in [9.17, 15) is 9.59 Å². The summed E-state index contributed by atoms with van der Waals surface area (Å²) in [6.45, 7) is 1.69. The van der Waals surface area contributed by atoms with Gasteiger partial charge in [-0.1, -0.05) is 32.6 Å². The smallest absolute Gasteiger partial charge is 0.341 e. The summed E-state index contributed by atoms with van der Waals surface area (Å²) in [5, 5.41) is 11.5. The summed E-state index contributed by atoms with van der Waals surface area (Å²) in [5.41, 5.74) is 0.711. The Balaban J connectivity index is 1.86. The second-order valence-electron chi connectivity index (χ2n) is 6.19. The van der Waals surface area contributed by atoms with Gasteiger partial charge in [0.05, 0.1) is 0 Å². The minimum absolute atomic E-state index is 0.0565. The number of rotatable bonds is 8. The van der Waals surface area contributed by atoms with Crippen molar-refractivity contribution >= 4 is 17.6 Å². The van der Waals surface area contributed by atoms with Crippen LogP contribution in [0, 0.1) is 11.8 Å². The number of benzene rings is 1. The van der Waals surface area contributed by atoms with Gasteiger partial charge in [0.2, 0.25) is 5.91 Å². The number of carbonyl (C=O) groups excluding carboxylic acids is 1. The molecule has 0 aliphatic heterocycles. The summed E-state index contributed by atoms with van der Waals surface area (Å²) in [7, 11) is 0. The number of carboxylic acids is 1. The van der Waals surface area contributed by atoms with Gasteiger partial charge in [-0.05, 0) is 43.0 Å². The average Bonchev–Trinajstić information content (AvgIpc) is 3.05. The molecule has 1 fully saturated rings. The molecule has 0 saturated heterocycles. The molecule has 0 aromatic heterocycles. The summed E-state index contributed by atoms with van der Waals surface area (Å²) in [4.78, 5) is 22.9. The number of hydrogen-bond donors (Lipinski definition) is 2. The first-order chi connectivity index (χ1) is 11.1. The second-order valence-corrected chi connectivity index (χ2v) is 6.19. The molecular formula is C18H25NO4. The first kappa shape index (κ1) is 17.3. The second kappa shape index (κ2) is 8.56. The zero-order chi connectivity index (χ0) is 16.7. The number of ether oxygens (including phenoxy) is 1. The Morgan fingerprint density at radius 1 is 1.26 bits per heavy atom. The molecule has 126 valence electrons. The van der Waals surface area contributed by atoms with Crippen molar-refractivity contribution in [3.8, 4) is 5.75 Å². The van der Waals surface area contributed by atoms with Crippen LogP contribution in [0.25, 0.3) is 0 Å². The molecule has 2 rings (SSSR count). The number of amides is 1. The number of nitrogens with one attached hydrogen (secondary N) is 1. The summed E-state index contributed by atoms with van der Waals surface area (Å²) >= 11 is 0. The number of carboxylic acid groups (broad SMARTS) is 1. The molecule has 5 nitrogen and oxygen atoms in total. The Morgan fingerprint density at radius 3 is 2.48 bits per heavy atom. The van der Waals surface area contributed by atoms with E-state index in [4.69, 9.17) is 9.84 Å². The van der Waals surface area contributed by atoms with Gasteiger partial charge in [0.1, 0.15) is 5.75 Å². The van der Waals surface area contributed by atoms with E-state index >= 15 is 0 Å². The van der Waals surface area contributed by atoms with E-state index in [1.807, 2.05) is 0 Å². The minimum atomic E-state index is -1.01. The van der Waals surface area contributed by atoms with E-state index in [1.54, 1.807) is 24.3 Å². The van der Waals surface area contributed by atoms with Gasteiger partial charge >= 0.3 is 5.97 Å². The Morgan fingerprint density at radius 2 is 1.91 bits per heavy atom. The molecule has 1 unspecified atom stereocenters.